The molecular weight excluding hydrogens is 306 g/mol. The van der Waals surface area contributed by atoms with Crippen molar-refractivity contribution in [3.63, 3.8) is 0 Å². The quantitative estimate of drug-likeness (QED) is 0.812. The highest BCUT2D eigenvalue weighted by Gasteiger charge is 2.15. The summed E-state index contributed by atoms with van der Waals surface area (Å²) in [4.78, 5) is 14.1. The molecule has 21 heavy (non-hydrogen) atoms. The van der Waals surface area contributed by atoms with E-state index in [0.717, 1.165) is 17.3 Å². The Balaban J connectivity index is 2.36. The number of anilines is 1. The third-order valence-electron chi connectivity index (χ3n) is 3.31. The number of halogens is 1. The minimum absolute atomic E-state index is 0.197. The van der Waals surface area contributed by atoms with Crippen LogP contribution >= 0.6 is 22.9 Å². The van der Waals surface area contributed by atoms with Crippen LogP contribution in [-0.2, 0) is 4.79 Å². The number of carbonyl (C=O) groups is 1. The Bertz CT molecular complexity index is 652. The summed E-state index contributed by atoms with van der Waals surface area (Å²) in [7, 11) is 1.99. The summed E-state index contributed by atoms with van der Waals surface area (Å²) in [5, 5.41) is 11.4. The number of thiophene rings is 1. The Morgan fingerprint density at radius 2 is 2.19 bits per heavy atom. The fraction of sp³-hybridized carbons (Fsp3) is 0.188. The van der Waals surface area contributed by atoms with Crippen molar-refractivity contribution in [2.45, 2.75) is 13.0 Å². The lowest BCUT2D eigenvalue weighted by Crippen LogP contribution is -2.21. The molecule has 110 valence electrons. The van der Waals surface area contributed by atoms with Crippen molar-refractivity contribution in [3.05, 3.63) is 57.3 Å². The van der Waals surface area contributed by atoms with Crippen molar-refractivity contribution in [3.8, 4) is 0 Å². The molecule has 2 aromatic rings. The van der Waals surface area contributed by atoms with Gasteiger partial charge in [-0.3, -0.25) is 0 Å². The van der Waals surface area contributed by atoms with Gasteiger partial charge < -0.3 is 10.0 Å². The lowest BCUT2D eigenvalue weighted by atomic mass is 10.1. The molecule has 1 atom stereocenters. The second-order valence-corrected chi connectivity index (χ2v) is 6.09. The predicted octanol–water partition coefficient (Wildman–Crippen LogP) is 4.70. The third-order valence-corrected chi connectivity index (χ3v) is 4.59. The molecule has 0 radical (unpaired) electrons. The topological polar surface area (TPSA) is 40.5 Å². The van der Waals surface area contributed by atoms with Crippen molar-refractivity contribution in [2.75, 3.05) is 11.9 Å². The van der Waals surface area contributed by atoms with E-state index in [0.29, 0.717) is 5.02 Å². The summed E-state index contributed by atoms with van der Waals surface area (Å²) in [5.41, 5.74) is 1.73. The molecular formula is C16H16ClNO2S. The van der Waals surface area contributed by atoms with E-state index in [1.807, 2.05) is 30.6 Å². The monoisotopic (exact) mass is 321 g/mol. The van der Waals surface area contributed by atoms with Gasteiger partial charge in [0.05, 0.1) is 6.04 Å². The van der Waals surface area contributed by atoms with Crippen molar-refractivity contribution in [1.82, 2.24) is 0 Å². The SMILES string of the molecule is CC(c1cccs1)N(C)c1ccc(Cl)cc1/C=C/C(=O)O. The van der Waals surface area contributed by atoms with E-state index in [9.17, 15) is 4.79 Å². The molecule has 5 heteroatoms. The first-order valence-corrected chi connectivity index (χ1v) is 7.71. The first-order chi connectivity index (χ1) is 9.99. The Kier molecular flexibility index (Phi) is 5.04. The summed E-state index contributed by atoms with van der Waals surface area (Å²) in [6.45, 7) is 2.12. The maximum Gasteiger partial charge on any atom is 0.328 e. The first-order valence-electron chi connectivity index (χ1n) is 6.46. The van der Waals surface area contributed by atoms with E-state index < -0.39 is 5.97 Å². The number of aliphatic carboxylic acids is 1. The molecule has 1 N–H and O–H groups in total. The van der Waals surface area contributed by atoms with Crippen molar-refractivity contribution in [1.29, 1.82) is 0 Å². The van der Waals surface area contributed by atoms with Gasteiger partial charge in [-0.1, -0.05) is 17.7 Å². The van der Waals surface area contributed by atoms with Crippen molar-refractivity contribution >= 4 is 40.7 Å². The highest BCUT2D eigenvalue weighted by molar-refractivity contribution is 7.10. The third kappa shape index (κ3) is 3.86. The van der Waals surface area contributed by atoms with Gasteiger partial charge in [-0.25, -0.2) is 4.79 Å². The van der Waals surface area contributed by atoms with Crippen LogP contribution in [0.15, 0.2) is 41.8 Å². The average molecular weight is 322 g/mol. The summed E-state index contributed by atoms with van der Waals surface area (Å²) in [6.07, 6.45) is 2.69. The molecule has 0 bridgehead atoms. The van der Waals surface area contributed by atoms with Crippen molar-refractivity contribution < 1.29 is 9.90 Å². The molecule has 0 aliphatic heterocycles. The molecule has 3 nitrogen and oxygen atoms in total. The minimum Gasteiger partial charge on any atom is -0.478 e. The van der Waals surface area contributed by atoms with Crippen molar-refractivity contribution in [2.24, 2.45) is 0 Å². The summed E-state index contributed by atoms with van der Waals surface area (Å²) in [6, 6.07) is 9.81. The Morgan fingerprint density at radius 3 is 2.81 bits per heavy atom. The van der Waals surface area contributed by atoms with Gasteiger partial charge in [0.25, 0.3) is 0 Å². The number of carboxylic acids is 1. The minimum atomic E-state index is -0.977. The largest absolute Gasteiger partial charge is 0.478 e. The molecule has 1 aromatic carbocycles. The molecule has 0 spiro atoms. The molecule has 1 unspecified atom stereocenters. The van der Waals surface area contributed by atoms with E-state index in [-0.39, 0.29) is 6.04 Å². The molecule has 0 aliphatic carbocycles. The zero-order valence-corrected chi connectivity index (χ0v) is 13.4. The Morgan fingerprint density at radius 1 is 1.43 bits per heavy atom. The highest BCUT2D eigenvalue weighted by atomic mass is 35.5. The molecule has 0 amide bonds. The molecule has 0 saturated carbocycles. The van der Waals surface area contributed by atoms with Crippen LogP contribution in [0.2, 0.25) is 5.02 Å². The summed E-state index contributed by atoms with van der Waals surface area (Å²) < 4.78 is 0. The zero-order chi connectivity index (χ0) is 15.4. The van der Waals surface area contributed by atoms with Crippen LogP contribution < -0.4 is 4.90 Å². The van der Waals surface area contributed by atoms with Gasteiger partial charge >= 0.3 is 5.97 Å². The van der Waals surface area contributed by atoms with Crippen LogP contribution in [0.25, 0.3) is 6.08 Å². The zero-order valence-electron chi connectivity index (χ0n) is 11.8. The van der Waals surface area contributed by atoms with E-state index in [1.165, 1.54) is 4.88 Å². The van der Waals surface area contributed by atoms with E-state index >= 15 is 0 Å². The molecule has 0 fully saturated rings. The van der Waals surface area contributed by atoms with Crippen LogP contribution in [0.3, 0.4) is 0 Å². The van der Waals surface area contributed by atoms with Crippen LogP contribution in [0.1, 0.15) is 23.4 Å². The maximum absolute atomic E-state index is 10.7. The Labute approximate surface area is 133 Å². The van der Waals surface area contributed by atoms with Gasteiger partial charge in [0.15, 0.2) is 0 Å². The normalized spacial score (nSPS) is 12.5. The highest BCUT2D eigenvalue weighted by Crippen LogP contribution is 2.32. The smallest absolute Gasteiger partial charge is 0.328 e. The average Bonchev–Trinajstić information content (AvgIpc) is 2.97. The molecule has 0 aliphatic rings. The number of rotatable bonds is 5. The number of hydrogen-bond donors (Lipinski definition) is 1. The maximum atomic E-state index is 10.7. The van der Waals surface area contributed by atoms with Gasteiger partial charge in [-0.2, -0.15) is 0 Å². The Hall–Kier alpha value is -1.78. The number of benzene rings is 1. The number of carboxylic acid groups (broad SMARTS) is 1. The van der Waals surface area contributed by atoms with Gasteiger partial charge in [-0.15, -0.1) is 11.3 Å². The lowest BCUT2D eigenvalue weighted by Gasteiger charge is -2.28. The van der Waals surface area contributed by atoms with E-state index in [1.54, 1.807) is 23.5 Å². The van der Waals surface area contributed by atoms with E-state index in [2.05, 4.69) is 17.9 Å². The van der Waals surface area contributed by atoms with Crippen LogP contribution in [0.4, 0.5) is 5.69 Å². The molecule has 0 saturated heterocycles. The van der Waals surface area contributed by atoms with Crippen LogP contribution in [-0.4, -0.2) is 18.1 Å². The summed E-state index contributed by atoms with van der Waals surface area (Å²) in [5.74, 6) is -0.977. The van der Waals surface area contributed by atoms with Crippen LogP contribution in [0, 0.1) is 0 Å². The number of hydrogen-bond acceptors (Lipinski definition) is 3. The van der Waals surface area contributed by atoms with Gasteiger partial charge in [0, 0.05) is 28.7 Å². The standard InChI is InChI=1S/C16H16ClNO2S/c1-11(15-4-3-9-21-15)18(2)14-7-6-13(17)10-12(14)5-8-16(19)20/h3-11H,1-2H3,(H,19,20)/b8-5+. The van der Waals surface area contributed by atoms with Crippen LogP contribution in [0.5, 0.6) is 0 Å². The second-order valence-electron chi connectivity index (χ2n) is 4.68. The predicted molar refractivity (Wildman–Crippen MR) is 89.3 cm³/mol. The second kappa shape index (κ2) is 6.78. The van der Waals surface area contributed by atoms with Gasteiger partial charge in [0.2, 0.25) is 0 Å². The first kappa shape index (κ1) is 15.6. The summed E-state index contributed by atoms with van der Waals surface area (Å²) >= 11 is 7.72. The molecule has 2 rings (SSSR count). The fourth-order valence-corrected chi connectivity index (χ4v) is 3.08. The fourth-order valence-electron chi connectivity index (χ4n) is 2.07. The van der Waals surface area contributed by atoms with E-state index in [4.69, 9.17) is 16.7 Å². The van der Waals surface area contributed by atoms with Gasteiger partial charge in [-0.05, 0) is 48.2 Å². The molecule has 1 heterocycles. The molecule has 1 aromatic heterocycles. The van der Waals surface area contributed by atoms with Gasteiger partial charge in [0.1, 0.15) is 0 Å². The lowest BCUT2D eigenvalue weighted by molar-refractivity contribution is -0.131. The number of nitrogens with zero attached hydrogens (tertiary/aromatic N) is 1.